The normalized spacial score (nSPS) is 11.7. The number of aromatic nitrogens is 2. The summed E-state index contributed by atoms with van der Waals surface area (Å²) in [6.07, 6.45) is 0.623. The third-order valence-corrected chi connectivity index (χ3v) is 3.14. The molecule has 0 bridgehead atoms. The fraction of sp³-hybridized carbons (Fsp3) is 0.533. The molecule has 1 amide bonds. The fourth-order valence-corrected chi connectivity index (χ4v) is 2.08. The van der Waals surface area contributed by atoms with Crippen molar-refractivity contribution < 1.29 is 13.8 Å². The molecular weight excluding hydrogens is 270 g/mol. The van der Waals surface area contributed by atoms with Crippen molar-refractivity contribution in [2.24, 2.45) is 0 Å². The van der Waals surface area contributed by atoms with E-state index in [2.05, 4.69) is 15.6 Å². The highest BCUT2D eigenvalue weighted by Crippen LogP contribution is 2.26. The van der Waals surface area contributed by atoms with Crippen molar-refractivity contribution in [3.05, 3.63) is 34.5 Å². The second-order valence-electron chi connectivity index (χ2n) is 6.15. The van der Waals surface area contributed by atoms with E-state index in [1.165, 1.54) is 0 Å². The van der Waals surface area contributed by atoms with E-state index >= 15 is 0 Å². The van der Waals surface area contributed by atoms with E-state index in [-0.39, 0.29) is 11.3 Å². The average Bonchev–Trinajstić information content (AvgIpc) is 2.95. The van der Waals surface area contributed by atoms with Gasteiger partial charge in [-0.15, -0.1) is 0 Å². The molecule has 0 fully saturated rings. The zero-order valence-corrected chi connectivity index (χ0v) is 13.1. The molecule has 2 rings (SSSR count). The van der Waals surface area contributed by atoms with Crippen molar-refractivity contribution >= 4 is 5.91 Å². The largest absolute Gasteiger partial charge is 0.361 e. The maximum Gasteiger partial charge on any atom is 0.256 e. The van der Waals surface area contributed by atoms with E-state index in [4.69, 9.17) is 9.05 Å². The highest BCUT2D eigenvalue weighted by molar-refractivity contribution is 5.96. The molecule has 0 spiro atoms. The van der Waals surface area contributed by atoms with Crippen molar-refractivity contribution in [2.45, 2.75) is 46.5 Å². The molecule has 0 saturated carbocycles. The second-order valence-corrected chi connectivity index (χ2v) is 6.15. The van der Waals surface area contributed by atoms with Gasteiger partial charge in [-0.05, 0) is 13.8 Å². The van der Waals surface area contributed by atoms with Crippen molar-refractivity contribution in [3.8, 4) is 0 Å². The predicted octanol–water partition coefficient (Wildman–Crippen LogP) is 2.55. The molecule has 114 valence electrons. The summed E-state index contributed by atoms with van der Waals surface area (Å²) in [7, 11) is 0. The molecule has 0 saturated heterocycles. The van der Waals surface area contributed by atoms with Gasteiger partial charge in [0.15, 0.2) is 0 Å². The Morgan fingerprint density at radius 2 is 1.95 bits per heavy atom. The van der Waals surface area contributed by atoms with E-state index in [9.17, 15) is 4.79 Å². The Kier molecular flexibility index (Phi) is 4.16. The predicted molar refractivity (Wildman–Crippen MR) is 77.2 cm³/mol. The van der Waals surface area contributed by atoms with Gasteiger partial charge in [-0.3, -0.25) is 4.79 Å². The van der Waals surface area contributed by atoms with Crippen LogP contribution in [0.2, 0.25) is 0 Å². The maximum absolute atomic E-state index is 12.3. The Morgan fingerprint density at radius 3 is 2.52 bits per heavy atom. The molecule has 21 heavy (non-hydrogen) atoms. The molecule has 0 radical (unpaired) electrons. The van der Waals surface area contributed by atoms with Crippen LogP contribution in [0.15, 0.2) is 15.1 Å². The van der Waals surface area contributed by atoms with Crippen LogP contribution in [0.4, 0.5) is 0 Å². The summed E-state index contributed by atoms with van der Waals surface area (Å²) < 4.78 is 10.2. The summed E-state index contributed by atoms with van der Waals surface area (Å²) >= 11 is 0. The molecule has 0 aliphatic carbocycles. The molecule has 0 atom stereocenters. The van der Waals surface area contributed by atoms with Crippen LogP contribution in [-0.2, 0) is 11.8 Å². The number of carbonyl (C=O) groups is 1. The molecule has 6 heteroatoms. The molecule has 2 aromatic rings. The maximum atomic E-state index is 12.3. The van der Waals surface area contributed by atoms with E-state index in [1.807, 2.05) is 33.8 Å². The van der Waals surface area contributed by atoms with Crippen LogP contribution >= 0.6 is 0 Å². The van der Waals surface area contributed by atoms with Crippen molar-refractivity contribution in [2.75, 3.05) is 6.54 Å². The van der Waals surface area contributed by atoms with Gasteiger partial charge in [0.1, 0.15) is 22.8 Å². The zero-order valence-electron chi connectivity index (χ0n) is 13.1. The first-order valence-corrected chi connectivity index (χ1v) is 6.96. The molecule has 0 aliphatic heterocycles. The minimum absolute atomic E-state index is 0.168. The van der Waals surface area contributed by atoms with Crippen LogP contribution in [0.3, 0.4) is 0 Å². The number of nitrogens with zero attached hydrogens (tertiary/aromatic N) is 2. The lowest BCUT2D eigenvalue weighted by Crippen LogP contribution is -2.29. The van der Waals surface area contributed by atoms with Gasteiger partial charge >= 0.3 is 0 Å². The molecule has 2 aromatic heterocycles. The van der Waals surface area contributed by atoms with Crippen LogP contribution in [-0.4, -0.2) is 22.8 Å². The summed E-state index contributed by atoms with van der Waals surface area (Å²) in [6, 6.07) is 1.86. The van der Waals surface area contributed by atoms with E-state index in [0.717, 1.165) is 11.5 Å². The van der Waals surface area contributed by atoms with Gasteiger partial charge in [-0.1, -0.05) is 31.1 Å². The van der Waals surface area contributed by atoms with Crippen LogP contribution in [0.5, 0.6) is 0 Å². The van der Waals surface area contributed by atoms with Gasteiger partial charge in [-0.25, -0.2) is 0 Å². The SMILES string of the molecule is Cc1cc(CCNC(=O)c2c(C(C)(C)C)noc2C)no1. The van der Waals surface area contributed by atoms with E-state index in [1.54, 1.807) is 6.92 Å². The smallest absolute Gasteiger partial charge is 0.256 e. The number of hydrogen-bond donors (Lipinski definition) is 1. The number of carbonyl (C=O) groups excluding carboxylic acids is 1. The lowest BCUT2D eigenvalue weighted by atomic mass is 9.88. The van der Waals surface area contributed by atoms with Crippen molar-refractivity contribution in [3.63, 3.8) is 0 Å². The van der Waals surface area contributed by atoms with Gasteiger partial charge in [0.25, 0.3) is 5.91 Å². The van der Waals surface area contributed by atoms with E-state index in [0.29, 0.717) is 30.0 Å². The van der Waals surface area contributed by atoms with Crippen molar-refractivity contribution in [1.82, 2.24) is 15.6 Å². The topological polar surface area (TPSA) is 81.2 Å². The molecule has 6 nitrogen and oxygen atoms in total. The number of nitrogens with one attached hydrogen (secondary N) is 1. The highest BCUT2D eigenvalue weighted by atomic mass is 16.5. The molecule has 1 N–H and O–H groups in total. The molecule has 0 aromatic carbocycles. The minimum Gasteiger partial charge on any atom is -0.361 e. The van der Waals surface area contributed by atoms with E-state index < -0.39 is 0 Å². The number of aryl methyl sites for hydroxylation is 2. The zero-order chi connectivity index (χ0) is 15.6. The third kappa shape index (κ3) is 3.51. The van der Waals surface area contributed by atoms with Crippen molar-refractivity contribution in [1.29, 1.82) is 0 Å². The molecule has 0 aliphatic rings. The summed E-state index contributed by atoms with van der Waals surface area (Å²) in [5.41, 5.74) is 1.78. The number of amides is 1. The Labute approximate surface area is 123 Å². The second kappa shape index (κ2) is 5.71. The van der Waals surface area contributed by atoms with Gasteiger partial charge in [-0.2, -0.15) is 0 Å². The van der Waals surface area contributed by atoms with Crippen LogP contribution < -0.4 is 5.32 Å². The Morgan fingerprint density at radius 1 is 1.24 bits per heavy atom. The molecular formula is C15H21N3O3. The minimum atomic E-state index is -0.242. The van der Waals surface area contributed by atoms with Gasteiger partial charge in [0.2, 0.25) is 0 Å². The summed E-state index contributed by atoms with van der Waals surface area (Å²) in [5.74, 6) is 1.13. The number of rotatable bonds is 4. The van der Waals surface area contributed by atoms with Crippen LogP contribution in [0.25, 0.3) is 0 Å². The molecule has 0 unspecified atom stereocenters. The first-order valence-electron chi connectivity index (χ1n) is 6.96. The average molecular weight is 291 g/mol. The summed E-state index contributed by atoms with van der Waals surface area (Å²) in [5, 5.41) is 10.8. The highest BCUT2D eigenvalue weighted by Gasteiger charge is 2.28. The molecule has 2 heterocycles. The monoisotopic (exact) mass is 291 g/mol. The van der Waals surface area contributed by atoms with Gasteiger partial charge < -0.3 is 14.4 Å². The third-order valence-electron chi connectivity index (χ3n) is 3.14. The standard InChI is InChI=1S/C15H21N3O3/c1-9-8-11(17-20-9)6-7-16-14(19)12-10(2)21-18-13(12)15(3,4)5/h8H,6-7H2,1-5H3,(H,16,19). The fourth-order valence-electron chi connectivity index (χ4n) is 2.08. The number of hydrogen-bond acceptors (Lipinski definition) is 5. The van der Waals surface area contributed by atoms with Gasteiger partial charge in [0, 0.05) is 24.4 Å². The lowest BCUT2D eigenvalue weighted by molar-refractivity contribution is 0.0950. The quantitative estimate of drug-likeness (QED) is 0.936. The van der Waals surface area contributed by atoms with Crippen LogP contribution in [0.1, 0.15) is 54.0 Å². The Hall–Kier alpha value is -2.11. The Balaban J connectivity index is 2.02. The summed E-state index contributed by atoms with van der Waals surface area (Å²) in [4.78, 5) is 12.3. The Bertz CT molecular complexity index is 635. The summed E-state index contributed by atoms with van der Waals surface area (Å²) in [6.45, 7) is 10.1. The lowest BCUT2D eigenvalue weighted by Gasteiger charge is -2.16. The van der Waals surface area contributed by atoms with Crippen LogP contribution in [0, 0.1) is 13.8 Å². The first kappa shape index (κ1) is 15.3. The van der Waals surface area contributed by atoms with Gasteiger partial charge in [0.05, 0.1) is 5.69 Å². The first-order chi connectivity index (χ1) is 9.79.